The number of aromatic nitrogens is 5. The smallest absolute Gasteiger partial charge is 0.330 e. The molecule has 0 amide bonds. The number of carboxylic acid groups (broad SMARTS) is 1. The van der Waals surface area contributed by atoms with E-state index in [4.69, 9.17) is 0 Å². The monoisotopic (exact) mass is 401 g/mol. The van der Waals surface area contributed by atoms with Gasteiger partial charge in [-0.05, 0) is 41.0 Å². The van der Waals surface area contributed by atoms with E-state index in [2.05, 4.69) is 33.6 Å². The van der Waals surface area contributed by atoms with Crippen molar-refractivity contribution in [2.24, 2.45) is 0 Å². The van der Waals surface area contributed by atoms with Crippen molar-refractivity contribution >= 4 is 16.9 Å². The van der Waals surface area contributed by atoms with Gasteiger partial charge in [-0.15, -0.1) is 10.2 Å². The SMILES string of the molecule is CCCC/C=C/C(C(=O)O)n1ccc2cc(-c3ccccc3-c3nn[nH]n3)ccc21. The van der Waals surface area contributed by atoms with Crippen LogP contribution in [0, 0.1) is 0 Å². The Morgan fingerprint density at radius 1 is 1.20 bits per heavy atom. The van der Waals surface area contributed by atoms with E-state index in [-0.39, 0.29) is 0 Å². The highest BCUT2D eigenvalue weighted by molar-refractivity contribution is 5.90. The minimum atomic E-state index is -0.869. The molecule has 2 aromatic heterocycles. The van der Waals surface area contributed by atoms with Crippen LogP contribution < -0.4 is 0 Å². The molecule has 2 heterocycles. The summed E-state index contributed by atoms with van der Waals surface area (Å²) >= 11 is 0. The van der Waals surface area contributed by atoms with E-state index >= 15 is 0 Å². The average molecular weight is 401 g/mol. The summed E-state index contributed by atoms with van der Waals surface area (Å²) in [6.45, 7) is 2.12. The highest BCUT2D eigenvalue weighted by Gasteiger charge is 2.18. The second-order valence-corrected chi connectivity index (χ2v) is 7.13. The molecule has 0 saturated heterocycles. The topological polar surface area (TPSA) is 96.7 Å². The van der Waals surface area contributed by atoms with E-state index < -0.39 is 12.0 Å². The minimum Gasteiger partial charge on any atom is -0.479 e. The molecule has 30 heavy (non-hydrogen) atoms. The number of carbonyl (C=O) groups is 1. The first-order chi connectivity index (χ1) is 14.7. The molecule has 7 heteroatoms. The molecular weight excluding hydrogens is 378 g/mol. The van der Waals surface area contributed by atoms with Crippen LogP contribution in [0.3, 0.4) is 0 Å². The number of hydrogen-bond acceptors (Lipinski definition) is 4. The largest absolute Gasteiger partial charge is 0.479 e. The van der Waals surface area contributed by atoms with Gasteiger partial charge in [-0.1, -0.05) is 62.2 Å². The van der Waals surface area contributed by atoms with Crippen LogP contribution in [0.2, 0.25) is 0 Å². The molecule has 7 nitrogen and oxygen atoms in total. The highest BCUT2D eigenvalue weighted by Crippen LogP contribution is 2.32. The summed E-state index contributed by atoms with van der Waals surface area (Å²) in [5.41, 5.74) is 3.75. The van der Waals surface area contributed by atoms with Crippen LogP contribution in [0.4, 0.5) is 0 Å². The molecule has 0 aliphatic heterocycles. The Labute approximate surface area is 174 Å². The quantitative estimate of drug-likeness (QED) is 0.325. The number of nitrogens with zero attached hydrogens (tertiary/aromatic N) is 4. The Morgan fingerprint density at radius 2 is 2.03 bits per heavy atom. The first-order valence-corrected chi connectivity index (χ1v) is 10.0. The molecule has 4 rings (SSSR count). The number of carboxylic acids is 1. The van der Waals surface area contributed by atoms with Gasteiger partial charge in [0.2, 0.25) is 5.82 Å². The van der Waals surface area contributed by atoms with Crippen molar-refractivity contribution in [1.82, 2.24) is 25.2 Å². The van der Waals surface area contributed by atoms with Crippen LogP contribution in [0.1, 0.15) is 32.2 Å². The summed E-state index contributed by atoms with van der Waals surface area (Å²) in [6, 6.07) is 15.1. The van der Waals surface area contributed by atoms with Crippen LogP contribution >= 0.6 is 0 Å². The van der Waals surface area contributed by atoms with Gasteiger partial charge in [0.15, 0.2) is 0 Å². The Balaban J connectivity index is 1.71. The van der Waals surface area contributed by atoms with E-state index in [1.54, 1.807) is 10.6 Å². The van der Waals surface area contributed by atoms with Crippen molar-refractivity contribution in [2.75, 3.05) is 0 Å². The molecule has 0 bridgehead atoms. The zero-order valence-corrected chi connectivity index (χ0v) is 16.7. The molecule has 0 aliphatic rings. The average Bonchev–Trinajstić information content (AvgIpc) is 3.43. The molecule has 0 saturated carbocycles. The molecule has 4 aromatic rings. The third kappa shape index (κ3) is 3.87. The van der Waals surface area contributed by atoms with Gasteiger partial charge in [-0.3, -0.25) is 0 Å². The number of hydrogen-bond donors (Lipinski definition) is 2. The second kappa shape index (κ2) is 8.73. The fourth-order valence-electron chi connectivity index (χ4n) is 3.62. The summed E-state index contributed by atoms with van der Waals surface area (Å²) < 4.78 is 1.80. The fraction of sp³-hybridized carbons (Fsp3) is 0.217. The van der Waals surface area contributed by atoms with Gasteiger partial charge in [-0.25, -0.2) is 4.79 Å². The third-order valence-corrected chi connectivity index (χ3v) is 5.14. The zero-order valence-electron chi connectivity index (χ0n) is 16.7. The first-order valence-electron chi connectivity index (χ1n) is 10.0. The maximum Gasteiger partial charge on any atom is 0.330 e. The van der Waals surface area contributed by atoms with Gasteiger partial charge in [-0.2, -0.15) is 5.21 Å². The normalized spacial score (nSPS) is 12.6. The Morgan fingerprint density at radius 3 is 2.77 bits per heavy atom. The predicted octanol–water partition coefficient (Wildman–Crippen LogP) is 4.86. The predicted molar refractivity (Wildman–Crippen MR) is 116 cm³/mol. The minimum absolute atomic E-state index is 0.534. The molecule has 0 spiro atoms. The van der Waals surface area contributed by atoms with E-state index in [1.165, 1.54) is 0 Å². The highest BCUT2D eigenvalue weighted by atomic mass is 16.4. The fourth-order valence-corrected chi connectivity index (χ4v) is 3.62. The number of allylic oxidation sites excluding steroid dienone is 1. The molecule has 0 radical (unpaired) electrons. The molecule has 1 unspecified atom stereocenters. The Bertz CT molecular complexity index is 1180. The van der Waals surface area contributed by atoms with E-state index in [1.807, 2.05) is 54.7 Å². The van der Waals surface area contributed by atoms with Crippen molar-refractivity contribution < 1.29 is 9.90 Å². The number of benzene rings is 2. The van der Waals surface area contributed by atoms with Gasteiger partial charge in [0.05, 0.1) is 0 Å². The lowest BCUT2D eigenvalue weighted by Gasteiger charge is -2.13. The molecule has 1 atom stereocenters. The lowest BCUT2D eigenvalue weighted by Crippen LogP contribution is -2.15. The van der Waals surface area contributed by atoms with Gasteiger partial charge in [0.25, 0.3) is 0 Å². The van der Waals surface area contributed by atoms with Crippen molar-refractivity contribution in [3.8, 4) is 22.5 Å². The Hall–Kier alpha value is -3.74. The number of fused-ring (bicyclic) bond motifs is 1. The summed E-state index contributed by atoms with van der Waals surface area (Å²) in [6.07, 6.45) is 8.60. The van der Waals surface area contributed by atoms with Crippen molar-refractivity contribution in [1.29, 1.82) is 0 Å². The molecule has 2 N–H and O–H groups in total. The van der Waals surface area contributed by atoms with E-state index in [9.17, 15) is 9.90 Å². The van der Waals surface area contributed by atoms with Crippen molar-refractivity contribution in [2.45, 2.75) is 32.2 Å². The van der Waals surface area contributed by atoms with Crippen LogP contribution in [-0.4, -0.2) is 36.3 Å². The van der Waals surface area contributed by atoms with Gasteiger partial charge >= 0.3 is 5.97 Å². The number of tetrazole rings is 1. The second-order valence-electron chi connectivity index (χ2n) is 7.13. The summed E-state index contributed by atoms with van der Waals surface area (Å²) in [7, 11) is 0. The third-order valence-electron chi connectivity index (χ3n) is 5.14. The van der Waals surface area contributed by atoms with Gasteiger partial charge in [0.1, 0.15) is 6.04 Å². The molecular formula is C23H23N5O2. The maximum atomic E-state index is 11.9. The number of rotatable bonds is 8. The van der Waals surface area contributed by atoms with Crippen LogP contribution in [0.25, 0.3) is 33.4 Å². The van der Waals surface area contributed by atoms with Gasteiger partial charge in [0, 0.05) is 22.7 Å². The standard InChI is InChI=1S/C23H23N5O2/c1-2-3-4-5-10-21(23(29)30)28-14-13-17-15-16(11-12-20(17)28)18-8-6-7-9-19(18)22-24-26-27-25-22/h5-15,21H,2-4H2,1H3,(H,29,30)(H,24,25,26,27)/b10-5+. The lowest BCUT2D eigenvalue weighted by molar-refractivity contribution is -0.139. The van der Waals surface area contributed by atoms with Gasteiger partial charge < -0.3 is 9.67 Å². The summed E-state index contributed by atoms with van der Waals surface area (Å²) in [4.78, 5) is 11.9. The van der Waals surface area contributed by atoms with Crippen LogP contribution in [0.5, 0.6) is 0 Å². The number of unbranched alkanes of at least 4 members (excludes halogenated alkanes) is 2. The molecule has 0 aliphatic carbocycles. The first kappa shape index (κ1) is 19.6. The number of aliphatic carboxylic acids is 1. The van der Waals surface area contributed by atoms with E-state index in [0.29, 0.717) is 5.82 Å². The molecule has 0 fully saturated rings. The number of nitrogens with one attached hydrogen (secondary N) is 1. The maximum absolute atomic E-state index is 11.9. The van der Waals surface area contributed by atoms with Crippen LogP contribution in [0.15, 0.2) is 66.9 Å². The Kier molecular flexibility index (Phi) is 5.70. The van der Waals surface area contributed by atoms with Crippen molar-refractivity contribution in [3.05, 3.63) is 66.9 Å². The summed E-state index contributed by atoms with van der Waals surface area (Å²) in [5.74, 6) is -0.335. The van der Waals surface area contributed by atoms with E-state index in [0.717, 1.165) is 46.9 Å². The number of H-pyrrole nitrogens is 1. The molecule has 152 valence electrons. The molecule has 2 aromatic carbocycles. The zero-order chi connectivity index (χ0) is 20.9. The number of aromatic amines is 1. The van der Waals surface area contributed by atoms with Crippen molar-refractivity contribution in [3.63, 3.8) is 0 Å². The lowest BCUT2D eigenvalue weighted by atomic mass is 9.98. The van der Waals surface area contributed by atoms with Crippen LogP contribution in [-0.2, 0) is 4.79 Å². The summed E-state index contributed by atoms with van der Waals surface area (Å²) in [5, 5.41) is 25.1.